The number of likely N-dealkylation sites (N-methyl/N-ethyl adjacent to an activating group) is 1. The molecular formula is C21H37Cl2N3O3. The van der Waals surface area contributed by atoms with Crippen LogP contribution in [0, 0.1) is 0 Å². The molecule has 1 saturated carbocycles. The molecule has 0 aromatic heterocycles. The highest BCUT2D eigenvalue weighted by Gasteiger charge is 2.34. The predicted octanol–water partition coefficient (Wildman–Crippen LogP) is 3.54. The third-order valence-corrected chi connectivity index (χ3v) is 5.44. The maximum Gasteiger partial charge on any atom is 0.240 e. The Morgan fingerprint density at radius 3 is 2.38 bits per heavy atom. The smallest absolute Gasteiger partial charge is 0.240 e. The minimum atomic E-state index is -0.712. The van der Waals surface area contributed by atoms with Crippen molar-refractivity contribution in [2.45, 2.75) is 58.0 Å². The van der Waals surface area contributed by atoms with Crippen molar-refractivity contribution in [2.75, 3.05) is 33.4 Å². The fourth-order valence-electron chi connectivity index (χ4n) is 3.53. The number of methoxy groups -OCH3 is 1. The summed E-state index contributed by atoms with van der Waals surface area (Å²) in [6.07, 6.45) is 4.75. The van der Waals surface area contributed by atoms with Crippen LogP contribution < -0.4 is 20.5 Å². The molecule has 0 radical (unpaired) electrons. The summed E-state index contributed by atoms with van der Waals surface area (Å²) in [5.41, 5.74) is 6.54. The predicted molar refractivity (Wildman–Crippen MR) is 123 cm³/mol. The molecule has 0 saturated heterocycles. The normalized spacial score (nSPS) is 15.1. The van der Waals surface area contributed by atoms with E-state index in [-0.39, 0.29) is 30.7 Å². The SMILES string of the molecule is CCN(CC)CCOc1ccc(CNC(=O)C2(N)CCCCC2)cc1OC.Cl.Cl. The van der Waals surface area contributed by atoms with E-state index in [4.69, 9.17) is 15.2 Å². The fourth-order valence-corrected chi connectivity index (χ4v) is 3.53. The standard InChI is InChI=1S/C21H35N3O3.2ClH/c1-4-24(5-2)13-14-27-18-10-9-17(15-19(18)26-3)16-23-20(25)21(22)11-7-6-8-12-21;;/h9-10,15H,4-8,11-14,16,22H2,1-3H3,(H,23,25);2*1H. The molecule has 1 amide bonds. The molecule has 1 fully saturated rings. The van der Waals surface area contributed by atoms with Gasteiger partial charge in [-0.3, -0.25) is 4.79 Å². The number of nitrogens with two attached hydrogens (primary N) is 1. The summed E-state index contributed by atoms with van der Waals surface area (Å²) < 4.78 is 11.3. The number of rotatable bonds is 10. The minimum absolute atomic E-state index is 0. The summed E-state index contributed by atoms with van der Waals surface area (Å²) in [7, 11) is 1.63. The maximum absolute atomic E-state index is 12.5. The van der Waals surface area contributed by atoms with Gasteiger partial charge in [-0.15, -0.1) is 24.8 Å². The number of nitrogens with zero attached hydrogens (tertiary/aromatic N) is 1. The molecule has 1 aromatic rings. The Morgan fingerprint density at radius 1 is 1.14 bits per heavy atom. The molecule has 8 heteroatoms. The van der Waals surface area contributed by atoms with Gasteiger partial charge in [-0.25, -0.2) is 0 Å². The zero-order valence-corrected chi connectivity index (χ0v) is 19.5. The van der Waals surface area contributed by atoms with Gasteiger partial charge in [0, 0.05) is 13.1 Å². The van der Waals surface area contributed by atoms with Crippen molar-refractivity contribution in [3.05, 3.63) is 23.8 Å². The van der Waals surface area contributed by atoms with Crippen LogP contribution in [-0.4, -0.2) is 49.7 Å². The van der Waals surface area contributed by atoms with Crippen LogP contribution in [-0.2, 0) is 11.3 Å². The van der Waals surface area contributed by atoms with Gasteiger partial charge in [0.1, 0.15) is 6.61 Å². The monoisotopic (exact) mass is 449 g/mol. The number of benzene rings is 1. The largest absolute Gasteiger partial charge is 0.493 e. The van der Waals surface area contributed by atoms with Crippen molar-refractivity contribution in [2.24, 2.45) is 5.73 Å². The summed E-state index contributed by atoms with van der Waals surface area (Å²) in [5, 5.41) is 2.99. The van der Waals surface area contributed by atoms with Crippen LogP contribution in [0.1, 0.15) is 51.5 Å². The molecule has 6 nitrogen and oxygen atoms in total. The zero-order valence-electron chi connectivity index (χ0n) is 17.9. The molecule has 168 valence electrons. The number of amides is 1. The van der Waals surface area contributed by atoms with E-state index in [1.807, 2.05) is 18.2 Å². The van der Waals surface area contributed by atoms with Gasteiger partial charge in [-0.2, -0.15) is 0 Å². The third kappa shape index (κ3) is 8.21. The molecule has 0 heterocycles. The average Bonchev–Trinajstić information content (AvgIpc) is 2.70. The Balaban J connectivity index is 0.00000392. The van der Waals surface area contributed by atoms with Crippen LogP contribution in [0.3, 0.4) is 0 Å². The molecule has 29 heavy (non-hydrogen) atoms. The van der Waals surface area contributed by atoms with Crippen LogP contribution in [0.15, 0.2) is 18.2 Å². The van der Waals surface area contributed by atoms with Gasteiger partial charge < -0.3 is 25.4 Å². The molecule has 0 atom stereocenters. The number of nitrogens with one attached hydrogen (secondary N) is 1. The average molecular weight is 450 g/mol. The van der Waals surface area contributed by atoms with E-state index in [1.165, 1.54) is 6.42 Å². The first-order valence-electron chi connectivity index (χ1n) is 10.1. The molecule has 1 aliphatic carbocycles. The molecule has 0 aliphatic heterocycles. The Bertz CT molecular complexity index is 607. The van der Waals surface area contributed by atoms with Crippen molar-refractivity contribution in [3.8, 4) is 11.5 Å². The van der Waals surface area contributed by atoms with Crippen LogP contribution in [0.4, 0.5) is 0 Å². The lowest BCUT2D eigenvalue weighted by Gasteiger charge is -2.31. The Hall–Kier alpha value is -1.21. The van der Waals surface area contributed by atoms with Gasteiger partial charge in [0.15, 0.2) is 11.5 Å². The van der Waals surface area contributed by atoms with E-state index in [2.05, 4.69) is 24.1 Å². The highest BCUT2D eigenvalue weighted by Crippen LogP contribution is 2.29. The first-order chi connectivity index (χ1) is 13.0. The van der Waals surface area contributed by atoms with Crippen LogP contribution in [0.25, 0.3) is 0 Å². The van der Waals surface area contributed by atoms with Gasteiger partial charge in [-0.1, -0.05) is 39.2 Å². The summed E-state index contributed by atoms with van der Waals surface area (Å²) >= 11 is 0. The number of carbonyl (C=O) groups is 1. The van der Waals surface area contributed by atoms with Gasteiger partial charge in [0.25, 0.3) is 0 Å². The molecule has 0 bridgehead atoms. The quantitative estimate of drug-likeness (QED) is 0.570. The van der Waals surface area contributed by atoms with Gasteiger partial charge in [0.2, 0.25) is 5.91 Å². The maximum atomic E-state index is 12.5. The second-order valence-corrected chi connectivity index (χ2v) is 7.26. The van der Waals surface area contributed by atoms with Crippen molar-refractivity contribution in [3.63, 3.8) is 0 Å². The lowest BCUT2D eigenvalue weighted by molar-refractivity contribution is -0.127. The lowest BCUT2D eigenvalue weighted by atomic mass is 9.82. The number of ether oxygens (including phenoxy) is 2. The van der Waals surface area contributed by atoms with E-state index in [1.54, 1.807) is 7.11 Å². The van der Waals surface area contributed by atoms with Gasteiger partial charge >= 0.3 is 0 Å². The van der Waals surface area contributed by atoms with Gasteiger partial charge in [-0.05, 0) is 43.6 Å². The van der Waals surface area contributed by atoms with E-state index in [0.29, 0.717) is 18.9 Å². The van der Waals surface area contributed by atoms with Gasteiger partial charge in [0.05, 0.1) is 12.6 Å². The topological polar surface area (TPSA) is 76.8 Å². The van der Waals surface area contributed by atoms with Crippen LogP contribution in [0.5, 0.6) is 11.5 Å². The first-order valence-corrected chi connectivity index (χ1v) is 10.1. The molecule has 0 unspecified atom stereocenters. The zero-order chi connectivity index (χ0) is 19.7. The Labute approximate surface area is 187 Å². The number of hydrogen-bond acceptors (Lipinski definition) is 5. The summed E-state index contributed by atoms with van der Waals surface area (Å²) in [5.74, 6) is 1.35. The van der Waals surface area contributed by atoms with E-state index in [9.17, 15) is 4.79 Å². The fraction of sp³-hybridized carbons (Fsp3) is 0.667. The van der Waals surface area contributed by atoms with E-state index >= 15 is 0 Å². The lowest BCUT2D eigenvalue weighted by Crippen LogP contribution is -2.54. The Morgan fingerprint density at radius 2 is 1.79 bits per heavy atom. The molecule has 1 aromatic carbocycles. The molecular weight excluding hydrogens is 413 g/mol. The second-order valence-electron chi connectivity index (χ2n) is 7.26. The molecule has 2 rings (SSSR count). The highest BCUT2D eigenvalue weighted by atomic mass is 35.5. The Kier molecular flexibility index (Phi) is 13.3. The van der Waals surface area contributed by atoms with Crippen LogP contribution >= 0.6 is 24.8 Å². The first kappa shape index (κ1) is 27.8. The van der Waals surface area contributed by atoms with E-state index < -0.39 is 5.54 Å². The number of carbonyl (C=O) groups excluding carboxylic acids is 1. The highest BCUT2D eigenvalue weighted by molar-refractivity contribution is 5.86. The number of halogens is 2. The van der Waals surface area contributed by atoms with Crippen molar-refractivity contribution in [1.82, 2.24) is 10.2 Å². The summed E-state index contributed by atoms with van der Waals surface area (Å²) in [6, 6.07) is 5.78. The van der Waals surface area contributed by atoms with Crippen molar-refractivity contribution in [1.29, 1.82) is 0 Å². The molecule has 1 aliphatic rings. The van der Waals surface area contributed by atoms with Crippen molar-refractivity contribution >= 4 is 30.7 Å². The molecule has 3 N–H and O–H groups in total. The van der Waals surface area contributed by atoms with Crippen molar-refractivity contribution < 1.29 is 14.3 Å². The van der Waals surface area contributed by atoms with E-state index in [0.717, 1.165) is 56.6 Å². The minimum Gasteiger partial charge on any atom is -0.493 e. The van der Waals surface area contributed by atoms with Crippen LogP contribution in [0.2, 0.25) is 0 Å². The summed E-state index contributed by atoms with van der Waals surface area (Å²) in [4.78, 5) is 14.8. The third-order valence-electron chi connectivity index (χ3n) is 5.44. The number of hydrogen-bond donors (Lipinski definition) is 2. The molecule has 0 spiro atoms. The second kappa shape index (κ2) is 13.9. The summed E-state index contributed by atoms with van der Waals surface area (Å²) in [6.45, 7) is 8.25.